The van der Waals surface area contributed by atoms with E-state index in [1.54, 1.807) is 11.0 Å². The van der Waals surface area contributed by atoms with Crippen molar-refractivity contribution in [3.63, 3.8) is 0 Å². The molecule has 8 heteroatoms. The highest BCUT2D eigenvalue weighted by Crippen LogP contribution is 2.33. The molecule has 0 unspecified atom stereocenters. The van der Waals surface area contributed by atoms with Crippen molar-refractivity contribution < 1.29 is 4.79 Å². The van der Waals surface area contributed by atoms with Crippen LogP contribution in [0.4, 0.5) is 0 Å². The summed E-state index contributed by atoms with van der Waals surface area (Å²) in [6.45, 7) is 1.46. The number of nitrogens with zero attached hydrogens (tertiary/aromatic N) is 7. The number of imidazole rings is 1. The summed E-state index contributed by atoms with van der Waals surface area (Å²) in [4.78, 5) is 19.5. The molecule has 3 aromatic rings. The van der Waals surface area contributed by atoms with Gasteiger partial charge in [0.25, 0.3) is 0 Å². The van der Waals surface area contributed by atoms with Gasteiger partial charge in [0.1, 0.15) is 12.2 Å². The minimum atomic E-state index is 0.0675. The van der Waals surface area contributed by atoms with Crippen LogP contribution in [0, 0.1) is 0 Å². The highest BCUT2D eigenvalue weighted by Gasteiger charge is 2.32. The van der Waals surface area contributed by atoms with Crippen molar-refractivity contribution in [1.82, 2.24) is 34.7 Å². The Labute approximate surface area is 145 Å². The number of rotatable bonds is 5. The molecular weight excluding hydrogens is 318 g/mol. The molecule has 1 amide bonds. The monoisotopic (exact) mass is 339 g/mol. The highest BCUT2D eigenvalue weighted by atomic mass is 16.2. The Morgan fingerprint density at radius 1 is 1.32 bits per heavy atom. The molecule has 130 valence electrons. The van der Waals surface area contributed by atoms with Crippen LogP contribution in [-0.2, 0) is 18.4 Å². The maximum Gasteiger partial charge on any atom is 0.223 e. The van der Waals surface area contributed by atoms with Crippen molar-refractivity contribution in [1.29, 1.82) is 0 Å². The van der Waals surface area contributed by atoms with Crippen molar-refractivity contribution in [2.75, 3.05) is 6.54 Å². The van der Waals surface area contributed by atoms with Crippen molar-refractivity contribution in [2.45, 2.75) is 38.3 Å². The zero-order valence-corrected chi connectivity index (χ0v) is 14.2. The van der Waals surface area contributed by atoms with E-state index in [1.165, 1.54) is 0 Å². The molecule has 1 fully saturated rings. The van der Waals surface area contributed by atoms with Crippen molar-refractivity contribution in [2.24, 2.45) is 7.05 Å². The van der Waals surface area contributed by atoms with Crippen molar-refractivity contribution in [3.8, 4) is 0 Å². The van der Waals surface area contributed by atoms with Gasteiger partial charge < -0.3 is 9.47 Å². The third-order valence-corrected chi connectivity index (χ3v) is 4.86. The van der Waals surface area contributed by atoms with Crippen LogP contribution in [-0.4, -0.2) is 47.1 Å². The summed E-state index contributed by atoms with van der Waals surface area (Å²) >= 11 is 0. The van der Waals surface area contributed by atoms with Gasteiger partial charge in [0.2, 0.25) is 5.91 Å². The molecular formula is C17H21N7O. The number of benzene rings is 1. The van der Waals surface area contributed by atoms with E-state index < -0.39 is 0 Å². The normalized spacial score (nSPS) is 17.5. The van der Waals surface area contributed by atoms with E-state index in [4.69, 9.17) is 4.98 Å². The number of hydrogen-bond donors (Lipinski definition) is 0. The molecule has 3 heterocycles. The summed E-state index contributed by atoms with van der Waals surface area (Å²) in [6, 6.07) is 8.17. The van der Waals surface area contributed by atoms with E-state index in [2.05, 4.69) is 26.2 Å². The first-order chi connectivity index (χ1) is 12.2. The van der Waals surface area contributed by atoms with Crippen LogP contribution in [0.1, 0.15) is 37.5 Å². The van der Waals surface area contributed by atoms with Gasteiger partial charge in [-0.3, -0.25) is 4.79 Å². The molecule has 0 radical (unpaired) electrons. The van der Waals surface area contributed by atoms with Gasteiger partial charge in [-0.25, -0.2) is 9.67 Å². The van der Waals surface area contributed by atoms with Gasteiger partial charge in [0, 0.05) is 26.6 Å². The van der Waals surface area contributed by atoms with Crippen LogP contribution in [0.5, 0.6) is 0 Å². The van der Waals surface area contributed by atoms with Gasteiger partial charge in [-0.15, -0.1) is 5.10 Å². The molecule has 0 aliphatic carbocycles. The number of para-hydroxylation sites is 2. The van der Waals surface area contributed by atoms with Gasteiger partial charge in [-0.2, -0.15) is 0 Å². The van der Waals surface area contributed by atoms with E-state index in [1.807, 2.05) is 30.1 Å². The van der Waals surface area contributed by atoms with E-state index in [-0.39, 0.29) is 11.9 Å². The Morgan fingerprint density at radius 3 is 3.00 bits per heavy atom. The van der Waals surface area contributed by atoms with Crippen LogP contribution < -0.4 is 0 Å². The van der Waals surface area contributed by atoms with Crippen molar-refractivity contribution >= 4 is 16.9 Å². The second-order valence-corrected chi connectivity index (χ2v) is 6.44. The van der Waals surface area contributed by atoms with E-state index >= 15 is 0 Å². The number of tetrazole rings is 1. The zero-order valence-electron chi connectivity index (χ0n) is 14.2. The predicted octanol–water partition coefficient (Wildman–Crippen LogP) is 1.70. The number of likely N-dealkylation sites (tertiary alicyclic amines) is 1. The summed E-state index contributed by atoms with van der Waals surface area (Å²) in [6.07, 6.45) is 4.79. The predicted molar refractivity (Wildman–Crippen MR) is 91.5 cm³/mol. The van der Waals surface area contributed by atoms with Crippen LogP contribution in [0.3, 0.4) is 0 Å². The summed E-state index contributed by atoms with van der Waals surface area (Å²) in [7, 11) is 2.03. The number of amides is 1. The average Bonchev–Trinajstić information content (AvgIpc) is 3.35. The molecule has 1 aromatic carbocycles. The Hall–Kier alpha value is -2.77. The lowest BCUT2D eigenvalue weighted by atomic mass is 10.2. The topological polar surface area (TPSA) is 81.7 Å². The lowest BCUT2D eigenvalue weighted by Gasteiger charge is -2.24. The number of hydrogen-bond acceptors (Lipinski definition) is 5. The Balaban J connectivity index is 1.47. The number of fused-ring (bicyclic) bond motifs is 1. The minimum Gasteiger partial charge on any atom is -0.333 e. The largest absolute Gasteiger partial charge is 0.333 e. The van der Waals surface area contributed by atoms with Gasteiger partial charge in [0.15, 0.2) is 0 Å². The Morgan fingerprint density at radius 2 is 2.20 bits per heavy atom. The fourth-order valence-corrected chi connectivity index (χ4v) is 3.61. The molecule has 1 saturated heterocycles. The number of aryl methyl sites for hydroxylation is 2. The van der Waals surface area contributed by atoms with E-state index in [0.29, 0.717) is 13.0 Å². The van der Waals surface area contributed by atoms with Crippen LogP contribution in [0.25, 0.3) is 11.0 Å². The molecule has 25 heavy (non-hydrogen) atoms. The second-order valence-electron chi connectivity index (χ2n) is 6.44. The number of carbonyl (C=O) groups is 1. The van der Waals surface area contributed by atoms with Gasteiger partial charge in [-0.1, -0.05) is 12.1 Å². The Bertz CT molecular complexity index is 870. The van der Waals surface area contributed by atoms with E-state index in [9.17, 15) is 4.79 Å². The fourth-order valence-electron chi connectivity index (χ4n) is 3.61. The van der Waals surface area contributed by atoms with Crippen LogP contribution in [0.2, 0.25) is 0 Å². The third-order valence-electron chi connectivity index (χ3n) is 4.86. The molecule has 8 nitrogen and oxygen atoms in total. The average molecular weight is 339 g/mol. The lowest BCUT2D eigenvalue weighted by Crippen LogP contribution is -2.31. The number of aromatic nitrogens is 6. The third kappa shape index (κ3) is 2.99. The SMILES string of the molecule is Cn1c([C@H]2CCCN2C(=O)CCCn2cnnn2)nc2ccccc21. The summed E-state index contributed by atoms with van der Waals surface area (Å²) in [5.74, 6) is 1.16. The van der Waals surface area contributed by atoms with Gasteiger partial charge in [-0.05, 0) is 41.8 Å². The summed E-state index contributed by atoms with van der Waals surface area (Å²) < 4.78 is 3.77. The molecule has 4 rings (SSSR count). The van der Waals surface area contributed by atoms with Gasteiger partial charge in [0.05, 0.1) is 17.1 Å². The smallest absolute Gasteiger partial charge is 0.223 e. The number of carbonyl (C=O) groups excluding carboxylic acids is 1. The van der Waals surface area contributed by atoms with E-state index in [0.717, 1.165) is 42.7 Å². The molecule has 1 aliphatic rings. The van der Waals surface area contributed by atoms with Gasteiger partial charge >= 0.3 is 0 Å². The van der Waals surface area contributed by atoms with Crippen LogP contribution >= 0.6 is 0 Å². The molecule has 0 saturated carbocycles. The summed E-state index contributed by atoms with van der Waals surface area (Å²) in [5.41, 5.74) is 2.09. The fraction of sp³-hybridized carbons (Fsp3) is 0.471. The summed E-state index contributed by atoms with van der Waals surface area (Å²) in [5, 5.41) is 11.0. The molecule has 0 bridgehead atoms. The lowest BCUT2D eigenvalue weighted by molar-refractivity contribution is -0.132. The van der Waals surface area contributed by atoms with Crippen molar-refractivity contribution in [3.05, 3.63) is 36.4 Å². The molecule has 0 N–H and O–H groups in total. The second kappa shape index (κ2) is 6.62. The van der Waals surface area contributed by atoms with Crippen LogP contribution in [0.15, 0.2) is 30.6 Å². The first-order valence-corrected chi connectivity index (χ1v) is 8.65. The molecule has 1 aliphatic heterocycles. The molecule has 2 aromatic heterocycles. The maximum atomic E-state index is 12.7. The first kappa shape index (κ1) is 15.7. The minimum absolute atomic E-state index is 0.0675. The molecule has 1 atom stereocenters. The molecule has 0 spiro atoms. The highest BCUT2D eigenvalue weighted by molar-refractivity contribution is 5.78. The Kier molecular flexibility index (Phi) is 4.17. The standard InChI is InChI=1S/C17H21N7O/c1-22-14-7-3-2-6-13(14)19-17(22)15-8-4-11-24(15)16(25)9-5-10-23-12-18-20-21-23/h2-3,6-7,12,15H,4-5,8-11H2,1H3/t15-/m1/s1. The maximum absolute atomic E-state index is 12.7. The quantitative estimate of drug-likeness (QED) is 0.707. The first-order valence-electron chi connectivity index (χ1n) is 8.65. The zero-order chi connectivity index (χ0) is 17.2.